The molecule has 9 nitrogen and oxygen atoms in total. The smallest absolute Gasteiger partial charge is 0.343 e. The Morgan fingerprint density at radius 3 is 2.09 bits per heavy atom. The van der Waals surface area contributed by atoms with Gasteiger partial charge in [0.05, 0.1) is 26.0 Å². The van der Waals surface area contributed by atoms with Crippen LogP contribution in [0, 0.1) is 0 Å². The zero-order valence-corrected chi connectivity index (χ0v) is 19.8. The molecule has 0 aliphatic rings. The monoisotopic (exact) mass is 525 g/mol. The summed E-state index contributed by atoms with van der Waals surface area (Å²) >= 11 is 3.34. The van der Waals surface area contributed by atoms with E-state index in [0.29, 0.717) is 32.8 Å². The Labute approximate surface area is 203 Å². The SMILES string of the molecule is COc1ccc(NC(=O)C(=O)N/N=C/c2cc(Br)ccc2OC(=O)c2ccc(OC)cc2)cc1. The van der Waals surface area contributed by atoms with Crippen LogP contribution in [0.15, 0.2) is 76.3 Å². The standard InChI is InChI=1S/C24H20BrN3O6/c1-32-19-8-3-15(4-9-19)24(31)34-21-12-5-17(25)13-16(21)14-26-28-23(30)22(29)27-18-6-10-20(33-2)11-7-18/h3-14H,1-2H3,(H,27,29)(H,28,30)/b26-14+. The predicted molar refractivity (Wildman–Crippen MR) is 129 cm³/mol. The summed E-state index contributed by atoms with van der Waals surface area (Å²) in [5, 5.41) is 6.25. The summed E-state index contributed by atoms with van der Waals surface area (Å²) in [5.74, 6) is -1.02. The van der Waals surface area contributed by atoms with Crippen LogP contribution < -0.4 is 25.0 Å². The number of hydrogen-bond acceptors (Lipinski definition) is 7. The fraction of sp³-hybridized carbons (Fsp3) is 0.0833. The van der Waals surface area contributed by atoms with Gasteiger partial charge in [-0.3, -0.25) is 9.59 Å². The summed E-state index contributed by atoms with van der Waals surface area (Å²) in [4.78, 5) is 36.6. The number of benzene rings is 3. The highest BCUT2D eigenvalue weighted by atomic mass is 79.9. The fourth-order valence-corrected chi connectivity index (χ4v) is 3.05. The number of methoxy groups -OCH3 is 2. The predicted octanol–water partition coefficient (Wildman–Crippen LogP) is 3.77. The van der Waals surface area contributed by atoms with Gasteiger partial charge in [0, 0.05) is 15.7 Å². The zero-order valence-electron chi connectivity index (χ0n) is 18.2. The van der Waals surface area contributed by atoms with E-state index in [-0.39, 0.29) is 5.75 Å². The minimum absolute atomic E-state index is 0.213. The molecule has 2 amide bonds. The van der Waals surface area contributed by atoms with E-state index in [9.17, 15) is 14.4 Å². The molecule has 3 aromatic carbocycles. The zero-order chi connectivity index (χ0) is 24.5. The summed E-state index contributed by atoms with van der Waals surface area (Å²) in [6.45, 7) is 0. The molecule has 0 saturated carbocycles. The van der Waals surface area contributed by atoms with Crippen LogP contribution in [0.2, 0.25) is 0 Å². The number of nitrogens with one attached hydrogen (secondary N) is 2. The molecule has 0 unspecified atom stereocenters. The lowest BCUT2D eigenvalue weighted by Gasteiger charge is -2.09. The van der Waals surface area contributed by atoms with E-state index in [1.807, 2.05) is 0 Å². The number of amides is 2. The van der Waals surface area contributed by atoms with E-state index in [1.165, 1.54) is 20.4 Å². The molecule has 2 N–H and O–H groups in total. The van der Waals surface area contributed by atoms with Crippen molar-refractivity contribution in [3.05, 3.63) is 82.3 Å². The largest absolute Gasteiger partial charge is 0.497 e. The fourth-order valence-electron chi connectivity index (χ4n) is 2.67. The molecule has 0 bridgehead atoms. The summed E-state index contributed by atoms with van der Waals surface area (Å²) < 4.78 is 16.3. The topological polar surface area (TPSA) is 115 Å². The van der Waals surface area contributed by atoms with Crippen molar-refractivity contribution in [3.8, 4) is 17.2 Å². The second-order valence-corrected chi connectivity index (χ2v) is 7.60. The Morgan fingerprint density at radius 2 is 1.47 bits per heavy atom. The first-order valence-electron chi connectivity index (χ1n) is 9.84. The molecule has 10 heteroatoms. The molecule has 0 aliphatic carbocycles. The number of esters is 1. The van der Waals surface area contributed by atoms with E-state index in [2.05, 4.69) is 31.8 Å². The summed E-state index contributed by atoms with van der Waals surface area (Å²) in [5.41, 5.74) is 3.29. The number of carbonyl (C=O) groups excluding carboxylic acids is 3. The molecular weight excluding hydrogens is 506 g/mol. The van der Waals surface area contributed by atoms with Gasteiger partial charge >= 0.3 is 17.8 Å². The molecule has 34 heavy (non-hydrogen) atoms. The number of carbonyl (C=O) groups is 3. The van der Waals surface area contributed by atoms with E-state index in [4.69, 9.17) is 14.2 Å². The molecular formula is C24H20BrN3O6. The van der Waals surface area contributed by atoms with E-state index in [0.717, 1.165) is 0 Å². The second-order valence-electron chi connectivity index (χ2n) is 6.68. The molecule has 0 fully saturated rings. The number of hydrogen-bond donors (Lipinski definition) is 2. The highest BCUT2D eigenvalue weighted by Crippen LogP contribution is 2.23. The van der Waals surface area contributed by atoms with Gasteiger partial charge in [0.1, 0.15) is 17.2 Å². The van der Waals surface area contributed by atoms with Gasteiger partial charge in [0.25, 0.3) is 0 Å². The van der Waals surface area contributed by atoms with Crippen molar-refractivity contribution in [1.29, 1.82) is 0 Å². The number of hydrazone groups is 1. The lowest BCUT2D eigenvalue weighted by Crippen LogP contribution is -2.32. The first-order chi connectivity index (χ1) is 16.4. The Hall–Kier alpha value is -4.18. The average Bonchev–Trinajstić information content (AvgIpc) is 2.85. The van der Waals surface area contributed by atoms with Gasteiger partial charge in [-0.2, -0.15) is 5.10 Å². The molecule has 0 radical (unpaired) electrons. The Balaban J connectivity index is 1.64. The first-order valence-corrected chi connectivity index (χ1v) is 10.6. The number of ether oxygens (including phenoxy) is 3. The summed E-state index contributed by atoms with van der Waals surface area (Å²) in [7, 11) is 3.05. The van der Waals surface area contributed by atoms with Crippen molar-refractivity contribution in [2.24, 2.45) is 5.10 Å². The van der Waals surface area contributed by atoms with Crippen LogP contribution in [0.5, 0.6) is 17.2 Å². The van der Waals surface area contributed by atoms with Gasteiger partial charge in [-0.25, -0.2) is 10.2 Å². The van der Waals surface area contributed by atoms with Crippen molar-refractivity contribution >= 4 is 45.6 Å². The Bertz CT molecular complexity index is 1210. The third-order valence-electron chi connectivity index (χ3n) is 4.42. The van der Waals surface area contributed by atoms with Crippen LogP contribution in [-0.2, 0) is 9.59 Å². The lowest BCUT2D eigenvalue weighted by atomic mass is 10.2. The lowest BCUT2D eigenvalue weighted by molar-refractivity contribution is -0.136. The number of anilines is 1. The third-order valence-corrected chi connectivity index (χ3v) is 4.92. The van der Waals surface area contributed by atoms with Gasteiger partial charge < -0.3 is 19.5 Å². The Kier molecular flexibility index (Phi) is 8.36. The molecule has 0 aromatic heterocycles. The van der Waals surface area contributed by atoms with Gasteiger partial charge in [-0.15, -0.1) is 0 Å². The van der Waals surface area contributed by atoms with Gasteiger partial charge in [-0.1, -0.05) is 15.9 Å². The second kappa shape index (κ2) is 11.6. The first kappa shape index (κ1) is 24.5. The normalized spacial score (nSPS) is 10.4. The van der Waals surface area contributed by atoms with Gasteiger partial charge in [0.15, 0.2) is 0 Å². The highest BCUT2D eigenvalue weighted by Gasteiger charge is 2.14. The third kappa shape index (κ3) is 6.66. The van der Waals surface area contributed by atoms with Crippen molar-refractivity contribution in [1.82, 2.24) is 5.43 Å². The number of halogens is 1. The van der Waals surface area contributed by atoms with Crippen molar-refractivity contribution in [2.75, 3.05) is 19.5 Å². The van der Waals surface area contributed by atoms with E-state index < -0.39 is 17.8 Å². The summed E-state index contributed by atoms with van der Waals surface area (Å²) in [6.07, 6.45) is 1.26. The molecule has 0 spiro atoms. The van der Waals surface area contributed by atoms with Crippen molar-refractivity contribution in [3.63, 3.8) is 0 Å². The number of nitrogens with zero attached hydrogens (tertiary/aromatic N) is 1. The molecule has 0 aliphatic heterocycles. The average molecular weight is 526 g/mol. The van der Waals surface area contributed by atoms with Gasteiger partial charge in [-0.05, 0) is 66.7 Å². The van der Waals surface area contributed by atoms with E-state index >= 15 is 0 Å². The van der Waals surface area contributed by atoms with Crippen LogP contribution >= 0.6 is 15.9 Å². The molecule has 3 aromatic rings. The molecule has 3 rings (SSSR count). The van der Waals surface area contributed by atoms with Crippen LogP contribution in [0.1, 0.15) is 15.9 Å². The van der Waals surface area contributed by atoms with Crippen molar-refractivity contribution in [2.45, 2.75) is 0 Å². The molecule has 174 valence electrons. The summed E-state index contributed by atoms with van der Waals surface area (Å²) in [6, 6.07) is 17.8. The maximum atomic E-state index is 12.5. The minimum atomic E-state index is -0.973. The number of rotatable bonds is 7. The van der Waals surface area contributed by atoms with Crippen molar-refractivity contribution < 1.29 is 28.6 Å². The Morgan fingerprint density at radius 1 is 0.853 bits per heavy atom. The minimum Gasteiger partial charge on any atom is -0.497 e. The molecule has 0 heterocycles. The quantitative estimate of drug-likeness (QED) is 0.159. The highest BCUT2D eigenvalue weighted by molar-refractivity contribution is 9.10. The maximum Gasteiger partial charge on any atom is 0.343 e. The van der Waals surface area contributed by atoms with Crippen LogP contribution in [0.4, 0.5) is 5.69 Å². The van der Waals surface area contributed by atoms with Crippen LogP contribution in [0.3, 0.4) is 0 Å². The maximum absolute atomic E-state index is 12.5. The molecule has 0 atom stereocenters. The van der Waals surface area contributed by atoms with Gasteiger partial charge in [0.2, 0.25) is 0 Å². The molecule has 0 saturated heterocycles. The van der Waals surface area contributed by atoms with Crippen LogP contribution in [-0.4, -0.2) is 38.2 Å². The van der Waals surface area contributed by atoms with E-state index in [1.54, 1.807) is 66.7 Å². The van der Waals surface area contributed by atoms with Crippen LogP contribution in [0.25, 0.3) is 0 Å².